The maximum Gasteiger partial charge on any atom is 0.261 e. The molecular weight excluding hydrogens is 317 g/mol. The first kappa shape index (κ1) is 16.2. The van der Waals surface area contributed by atoms with Crippen molar-refractivity contribution in [3.05, 3.63) is 29.6 Å². The highest BCUT2D eigenvalue weighted by Gasteiger charge is 2.35. The Morgan fingerprint density at radius 2 is 2.10 bits per heavy atom. The number of rotatable bonds is 5. The molecule has 0 atom stereocenters. The number of benzene rings is 1. The van der Waals surface area contributed by atoms with Gasteiger partial charge in [-0.1, -0.05) is 13.3 Å². The van der Waals surface area contributed by atoms with Gasteiger partial charge in [-0.05, 0) is 42.9 Å². The normalized spacial score (nSPS) is 17.1. The minimum Gasteiger partial charge on any atom is -0.351 e. The van der Waals surface area contributed by atoms with Gasteiger partial charge in [0.2, 0.25) is 0 Å². The molecule has 0 aromatic heterocycles. The molecule has 0 unspecified atom stereocenters. The van der Waals surface area contributed by atoms with Crippen LogP contribution < -0.4 is 5.32 Å². The van der Waals surface area contributed by atoms with Crippen LogP contribution in [-0.2, 0) is 9.05 Å². The fourth-order valence-electron chi connectivity index (χ4n) is 2.53. The molecule has 1 aromatic carbocycles. The van der Waals surface area contributed by atoms with Crippen molar-refractivity contribution in [1.82, 2.24) is 5.32 Å². The van der Waals surface area contributed by atoms with Gasteiger partial charge in [0.25, 0.3) is 15.0 Å². The Morgan fingerprint density at radius 1 is 1.43 bits per heavy atom. The van der Waals surface area contributed by atoms with Crippen LogP contribution in [0.15, 0.2) is 23.1 Å². The van der Waals surface area contributed by atoms with Crippen LogP contribution in [-0.4, -0.2) is 20.9 Å². The van der Waals surface area contributed by atoms with E-state index in [1.165, 1.54) is 0 Å². The summed E-state index contributed by atoms with van der Waals surface area (Å²) in [5.74, 6) is -1.43. The number of carbonyl (C=O) groups is 1. The average molecular weight is 334 g/mol. The lowest BCUT2D eigenvalue weighted by atomic mass is 9.67. The third kappa shape index (κ3) is 3.55. The smallest absolute Gasteiger partial charge is 0.261 e. The second-order valence-corrected chi connectivity index (χ2v) is 8.04. The topological polar surface area (TPSA) is 63.2 Å². The number of nitrogens with one attached hydrogen (secondary N) is 1. The van der Waals surface area contributed by atoms with Crippen molar-refractivity contribution < 1.29 is 17.6 Å². The Balaban J connectivity index is 2.09. The predicted molar refractivity (Wildman–Crippen MR) is 78.3 cm³/mol. The summed E-state index contributed by atoms with van der Waals surface area (Å²) in [4.78, 5) is 11.6. The first-order valence-corrected chi connectivity index (χ1v) is 9.11. The van der Waals surface area contributed by atoms with Crippen LogP contribution in [0.4, 0.5) is 4.39 Å². The highest BCUT2D eigenvalue weighted by molar-refractivity contribution is 8.13. The van der Waals surface area contributed by atoms with Crippen molar-refractivity contribution in [3.63, 3.8) is 0 Å². The summed E-state index contributed by atoms with van der Waals surface area (Å²) in [6.45, 7) is 2.59. The zero-order valence-electron chi connectivity index (χ0n) is 11.7. The van der Waals surface area contributed by atoms with Crippen molar-refractivity contribution in [2.75, 3.05) is 6.54 Å². The van der Waals surface area contributed by atoms with E-state index in [0.717, 1.165) is 43.9 Å². The first-order valence-electron chi connectivity index (χ1n) is 6.80. The molecule has 1 aromatic rings. The van der Waals surface area contributed by atoms with Gasteiger partial charge in [-0.3, -0.25) is 4.79 Å². The highest BCUT2D eigenvalue weighted by Crippen LogP contribution is 2.43. The molecule has 1 aliphatic rings. The summed E-state index contributed by atoms with van der Waals surface area (Å²) < 4.78 is 36.1. The van der Waals surface area contributed by atoms with E-state index >= 15 is 0 Å². The Labute approximate surface area is 128 Å². The molecule has 1 fully saturated rings. The quantitative estimate of drug-likeness (QED) is 0.842. The van der Waals surface area contributed by atoms with E-state index in [0.29, 0.717) is 6.54 Å². The largest absolute Gasteiger partial charge is 0.351 e. The van der Waals surface area contributed by atoms with E-state index in [4.69, 9.17) is 10.7 Å². The van der Waals surface area contributed by atoms with E-state index < -0.39 is 20.8 Å². The minimum absolute atomic E-state index is 0.131. The molecule has 0 aliphatic heterocycles. The summed E-state index contributed by atoms with van der Waals surface area (Å²) in [7, 11) is 1.13. The molecule has 0 radical (unpaired) electrons. The van der Waals surface area contributed by atoms with E-state index in [2.05, 4.69) is 12.2 Å². The van der Waals surface area contributed by atoms with Crippen molar-refractivity contribution in [2.45, 2.75) is 37.5 Å². The summed E-state index contributed by atoms with van der Waals surface area (Å²) in [5, 5.41) is 2.73. The summed E-state index contributed by atoms with van der Waals surface area (Å²) >= 11 is 0. The van der Waals surface area contributed by atoms with Crippen molar-refractivity contribution in [3.8, 4) is 0 Å². The number of hydrogen-bond acceptors (Lipinski definition) is 3. The van der Waals surface area contributed by atoms with Crippen LogP contribution in [0.2, 0.25) is 0 Å². The fourth-order valence-corrected chi connectivity index (χ4v) is 3.29. The number of carbonyl (C=O) groups excluding carboxylic acids is 1. The summed E-state index contributed by atoms with van der Waals surface area (Å²) in [5.41, 5.74) is -0.0457. The molecule has 21 heavy (non-hydrogen) atoms. The second-order valence-electron chi connectivity index (χ2n) is 5.47. The fraction of sp³-hybridized carbons (Fsp3) is 0.500. The minimum atomic E-state index is -4.00. The molecule has 0 saturated heterocycles. The highest BCUT2D eigenvalue weighted by atomic mass is 35.7. The Bertz CT molecular complexity index is 651. The van der Waals surface area contributed by atoms with Crippen molar-refractivity contribution >= 4 is 25.6 Å². The molecule has 1 N–H and O–H groups in total. The lowest BCUT2D eigenvalue weighted by Crippen LogP contribution is -2.41. The van der Waals surface area contributed by atoms with Gasteiger partial charge in [0.15, 0.2) is 0 Å². The summed E-state index contributed by atoms with van der Waals surface area (Å²) in [6, 6.07) is 3.02. The van der Waals surface area contributed by atoms with Gasteiger partial charge in [0.05, 0.1) is 10.5 Å². The van der Waals surface area contributed by atoms with Crippen LogP contribution in [0.25, 0.3) is 0 Å². The van der Waals surface area contributed by atoms with E-state index in [1.807, 2.05) is 0 Å². The van der Waals surface area contributed by atoms with Crippen LogP contribution in [0.1, 0.15) is 43.0 Å². The van der Waals surface area contributed by atoms with Gasteiger partial charge in [0.1, 0.15) is 5.82 Å². The molecule has 0 bridgehead atoms. The van der Waals surface area contributed by atoms with E-state index in [-0.39, 0.29) is 15.9 Å². The van der Waals surface area contributed by atoms with Crippen LogP contribution in [0.5, 0.6) is 0 Å². The third-order valence-corrected chi connectivity index (χ3v) is 5.61. The number of hydrogen-bond donors (Lipinski definition) is 1. The predicted octanol–water partition coefficient (Wildman–Crippen LogP) is 3.06. The molecule has 1 aliphatic carbocycles. The molecule has 0 heterocycles. The maximum absolute atomic E-state index is 13.8. The molecule has 116 valence electrons. The van der Waals surface area contributed by atoms with Gasteiger partial charge < -0.3 is 5.32 Å². The van der Waals surface area contributed by atoms with Gasteiger partial charge in [0, 0.05) is 17.2 Å². The molecule has 2 rings (SSSR count). The van der Waals surface area contributed by atoms with E-state index in [1.54, 1.807) is 0 Å². The van der Waals surface area contributed by atoms with Gasteiger partial charge >= 0.3 is 0 Å². The first-order chi connectivity index (χ1) is 9.77. The molecule has 4 nitrogen and oxygen atoms in total. The molecule has 1 amide bonds. The molecular formula is C14H17ClFNO3S. The monoisotopic (exact) mass is 333 g/mol. The molecule has 0 spiro atoms. The van der Waals surface area contributed by atoms with Gasteiger partial charge in [-0.15, -0.1) is 0 Å². The maximum atomic E-state index is 13.8. The van der Waals surface area contributed by atoms with Crippen LogP contribution in [0, 0.1) is 11.2 Å². The zero-order chi connectivity index (χ0) is 15.7. The molecule has 1 saturated carbocycles. The Morgan fingerprint density at radius 3 is 2.52 bits per heavy atom. The standard InChI is InChI=1S/C14H17ClFNO3S/c1-2-14(6-3-7-14)9-17-13(18)11-5-4-10(8-12(11)16)21(15,19)20/h4-5,8H,2-3,6-7,9H2,1H3,(H,17,18). The number of amides is 1. The second kappa shape index (κ2) is 5.93. The number of halogens is 2. The summed E-state index contributed by atoms with van der Waals surface area (Å²) in [6.07, 6.45) is 4.25. The van der Waals surface area contributed by atoms with Crippen LogP contribution >= 0.6 is 10.7 Å². The van der Waals surface area contributed by atoms with Crippen molar-refractivity contribution in [1.29, 1.82) is 0 Å². The van der Waals surface area contributed by atoms with E-state index in [9.17, 15) is 17.6 Å². The van der Waals surface area contributed by atoms with Crippen molar-refractivity contribution in [2.24, 2.45) is 5.41 Å². The third-order valence-electron chi connectivity index (χ3n) is 4.25. The average Bonchev–Trinajstić information content (AvgIpc) is 2.36. The lowest BCUT2D eigenvalue weighted by Gasteiger charge is -2.41. The Hall–Kier alpha value is -1.14. The SMILES string of the molecule is CCC1(CNC(=O)c2ccc(S(=O)(=O)Cl)cc2F)CCC1. The lowest BCUT2D eigenvalue weighted by molar-refractivity contribution is 0.0846. The Kier molecular flexibility index (Phi) is 4.58. The van der Waals surface area contributed by atoms with Gasteiger partial charge in [-0.2, -0.15) is 0 Å². The zero-order valence-corrected chi connectivity index (χ0v) is 13.2. The molecule has 7 heteroatoms. The van der Waals surface area contributed by atoms with Crippen LogP contribution in [0.3, 0.4) is 0 Å². The van der Waals surface area contributed by atoms with Gasteiger partial charge in [-0.25, -0.2) is 12.8 Å².